The Balaban J connectivity index is -0.00000000500. The van der Waals surface area contributed by atoms with Gasteiger partial charge in [-0.15, -0.1) is 0 Å². The maximum atomic E-state index is 2.14. The van der Waals surface area contributed by atoms with Crippen molar-refractivity contribution in [1.82, 2.24) is 0 Å². The molecule has 27 valence electrons. The van der Waals surface area contributed by atoms with Crippen LogP contribution >= 0.6 is 0 Å². The van der Waals surface area contributed by atoms with Gasteiger partial charge in [0.15, 0.2) is 0 Å². The van der Waals surface area contributed by atoms with Crippen molar-refractivity contribution in [2.24, 2.45) is 0 Å². The van der Waals surface area contributed by atoms with Gasteiger partial charge in [-0.25, -0.2) is 0 Å². The zero-order valence-corrected chi connectivity index (χ0v) is 7.24. The van der Waals surface area contributed by atoms with Gasteiger partial charge in [-0.3, -0.25) is 0 Å². The third-order valence-electron chi connectivity index (χ3n) is 0. The molecule has 3 heteroatoms. The van der Waals surface area contributed by atoms with Crippen LogP contribution in [0.1, 0.15) is 0 Å². The normalized spacial score (nSPS) is 2.25. The summed E-state index contributed by atoms with van der Waals surface area (Å²) >= 11 is 0. The second kappa shape index (κ2) is 28.3. The second-order valence-electron chi connectivity index (χ2n) is 0. The Morgan fingerprint density at radius 2 is 1.25 bits per heavy atom. The summed E-state index contributed by atoms with van der Waals surface area (Å²) in [5, 5.41) is 0. The van der Waals surface area contributed by atoms with Crippen molar-refractivity contribution < 1.29 is 34.4 Å². The van der Waals surface area contributed by atoms with Crippen LogP contribution in [0.5, 0.6) is 0 Å². The molecule has 0 fully saturated rings. The summed E-state index contributed by atoms with van der Waals surface area (Å²) < 4.78 is 0. The first-order chi connectivity index (χ1) is 1.00. The monoisotopic (exact) mass is 153 g/mol. The minimum absolute atomic E-state index is 0. The molecule has 4 heavy (non-hydrogen) atoms. The summed E-state index contributed by atoms with van der Waals surface area (Å²) in [5.41, 5.74) is 0. The van der Waals surface area contributed by atoms with Crippen LogP contribution in [0.25, 0.3) is 0 Å². The van der Waals surface area contributed by atoms with Crippen molar-refractivity contribution in [2.45, 2.75) is 6.55 Å². The Morgan fingerprint density at radius 3 is 1.25 bits per heavy atom. The summed E-state index contributed by atoms with van der Waals surface area (Å²) in [5.74, 6) is 0. The van der Waals surface area contributed by atoms with Gasteiger partial charge in [-0.1, -0.05) is 6.55 Å². The minimum Gasteiger partial charge on any atom is -0.0777 e. The molecule has 0 heterocycles. The molecule has 0 atom stereocenters. The van der Waals surface area contributed by atoms with E-state index in [-0.39, 0.29) is 34.4 Å². The van der Waals surface area contributed by atoms with Gasteiger partial charge in [0.05, 0.1) is 0 Å². The summed E-state index contributed by atoms with van der Waals surface area (Å²) in [4.78, 5) is 0. The first kappa shape index (κ1) is 18.7. The van der Waals surface area contributed by atoms with Crippen LogP contribution in [0.3, 0.4) is 0 Å². The van der Waals surface area contributed by atoms with Crippen molar-refractivity contribution in [3.63, 3.8) is 0 Å². The van der Waals surface area contributed by atoms with E-state index in [0.717, 1.165) is 0 Å². The minimum atomic E-state index is 0. The fraction of sp³-hybridized carbons (Fsp3) is 1.00. The molecule has 0 rings (SSSR count). The first-order valence-electron chi connectivity index (χ1n) is 1.00. The molecule has 0 aliphatic rings. The van der Waals surface area contributed by atoms with Crippen LogP contribution in [-0.4, -0.2) is 10.2 Å². The Kier molecular flexibility index (Phi) is 132. The van der Waals surface area contributed by atoms with Crippen LogP contribution in [0, 0.1) is 0 Å². The summed E-state index contributed by atoms with van der Waals surface area (Å²) in [6.07, 6.45) is 0. The van der Waals surface area contributed by atoms with Gasteiger partial charge >= 0.3 is 0 Å². The molecule has 0 saturated carbocycles. The molecular formula is CH6CrMnSi. The van der Waals surface area contributed by atoms with Crippen molar-refractivity contribution in [1.29, 1.82) is 0 Å². The predicted molar refractivity (Wildman–Crippen MR) is 15.8 cm³/mol. The van der Waals surface area contributed by atoms with Gasteiger partial charge in [-0.05, 0) is 10.2 Å². The fourth-order valence-electron chi connectivity index (χ4n) is 0. The maximum absolute atomic E-state index is 2.14. The van der Waals surface area contributed by atoms with Gasteiger partial charge < -0.3 is 0 Å². The van der Waals surface area contributed by atoms with E-state index >= 15 is 0 Å². The largest absolute Gasteiger partial charge is 0.0777 e. The molecule has 0 amide bonds. The van der Waals surface area contributed by atoms with Gasteiger partial charge in [-0.2, -0.15) is 0 Å². The van der Waals surface area contributed by atoms with Crippen LogP contribution < -0.4 is 0 Å². The average Bonchev–Trinajstić information content (AvgIpc) is 1.00. The Bertz CT molecular complexity index is 8.00. The molecule has 0 aliphatic carbocycles. The molecular weight excluding hydrogens is 147 g/mol. The second-order valence-corrected chi connectivity index (χ2v) is 0. The fourth-order valence-corrected chi connectivity index (χ4v) is 0. The van der Waals surface area contributed by atoms with Crippen LogP contribution in [0.4, 0.5) is 0 Å². The van der Waals surface area contributed by atoms with Crippen LogP contribution in [0.15, 0.2) is 0 Å². The van der Waals surface area contributed by atoms with Gasteiger partial charge in [0, 0.05) is 34.4 Å². The van der Waals surface area contributed by atoms with Crippen molar-refractivity contribution >= 4 is 10.2 Å². The third kappa shape index (κ3) is 10.5. The van der Waals surface area contributed by atoms with E-state index in [9.17, 15) is 0 Å². The molecule has 0 nitrogen and oxygen atoms in total. The molecule has 0 spiro atoms. The maximum Gasteiger partial charge on any atom is 0 e. The van der Waals surface area contributed by atoms with E-state index in [4.69, 9.17) is 0 Å². The van der Waals surface area contributed by atoms with E-state index in [1.807, 2.05) is 0 Å². The SMILES string of the molecule is C[SiH3].[Cr].[Mn]. The van der Waals surface area contributed by atoms with Gasteiger partial charge in [0.25, 0.3) is 0 Å². The average molecular weight is 153 g/mol. The zero-order chi connectivity index (χ0) is 2.00. The van der Waals surface area contributed by atoms with Crippen molar-refractivity contribution in [2.75, 3.05) is 0 Å². The predicted octanol–water partition coefficient (Wildman–Crippen LogP) is -0.605. The molecule has 1 radical (unpaired) electrons. The molecule has 0 aromatic heterocycles. The molecule has 0 aromatic carbocycles. The Morgan fingerprint density at radius 1 is 1.25 bits per heavy atom. The standard InChI is InChI=1S/CH6Si.Cr.Mn/c1-2;;/h1-2H3;;. The number of hydrogen-bond acceptors (Lipinski definition) is 0. The quantitative estimate of drug-likeness (QED) is 0.407. The van der Waals surface area contributed by atoms with Crippen molar-refractivity contribution in [3.8, 4) is 0 Å². The first-order valence-corrected chi connectivity index (χ1v) is 3.00. The van der Waals surface area contributed by atoms with Gasteiger partial charge in [0.1, 0.15) is 0 Å². The van der Waals surface area contributed by atoms with Crippen LogP contribution in [-0.2, 0) is 34.4 Å². The number of hydrogen-bond donors (Lipinski definition) is 0. The molecule has 0 N–H and O–H groups in total. The van der Waals surface area contributed by atoms with Crippen LogP contribution in [0.2, 0.25) is 6.55 Å². The van der Waals surface area contributed by atoms with E-state index in [2.05, 4.69) is 6.55 Å². The molecule has 0 bridgehead atoms. The topological polar surface area (TPSA) is 0 Å². The Labute approximate surface area is 51.4 Å². The molecule has 0 unspecified atom stereocenters. The summed E-state index contributed by atoms with van der Waals surface area (Å²) in [6, 6.07) is 0. The smallest absolute Gasteiger partial charge is 0 e. The van der Waals surface area contributed by atoms with E-state index in [1.165, 1.54) is 10.2 Å². The summed E-state index contributed by atoms with van der Waals surface area (Å²) in [7, 11) is 1.31. The van der Waals surface area contributed by atoms with E-state index in [1.54, 1.807) is 0 Å². The molecule has 0 aliphatic heterocycles. The Hall–Kier alpha value is 1.27. The van der Waals surface area contributed by atoms with Crippen molar-refractivity contribution in [3.05, 3.63) is 0 Å². The zero-order valence-electron chi connectivity index (χ0n) is 2.79. The molecule has 0 aromatic rings. The van der Waals surface area contributed by atoms with E-state index in [0.29, 0.717) is 0 Å². The van der Waals surface area contributed by atoms with Gasteiger partial charge in [0.2, 0.25) is 0 Å². The third-order valence-corrected chi connectivity index (χ3v) is 0. The summed E-state index contributed by atoms with van der Waals surface area (Å²) in [6.45, 7) is 2.14. The molecule has 0 saturated heterocycles. The van der Waals surface area contributed by atoms with E-state index < -0.39 is 0 Å². The number of rotatable bonds is 0.